The third-order valence-electron chi connectivity index (χ3n) is 1.39. The van der Waals surface area contributed by atoms with E-state index in [9.17, 15) is 4.79 Å². The van der Waals surface area contributed by atoms with Crippen LogP contribution in [0.2, 0.25) is 0 Å². The second kappa shape index (κ2) is 4.23. The van der Waals surface area contributed by atoms with Crippen LogP contribution < -0.4 is 4.74 Å². The Morgan fingerprint density at radius 2 is 2.38 bits per heavy atom. The van der Waals surface area contributed by atoms with Crippen molar-refractivity contribution in [2.24, 2.45) is 0 Å². The Morgan fingerprint density at radius 3 is 2.92 bits per heavy atom. The number of carbonyl (C=O) groups is 1. The molecule has 4 nitrogen and oxygen atoms in total. The van der Waals surface area contributed by atoms with Gasteiger partial charge in [-0.25, -0.2) is 4.98 Å². The minimum absolute atomic E-state index is 0.301. The summed E-state index contributed by atoms with van der Waals surface area (Å²) in [5, 5.41) is -0.386. The first kappa shape index (κ1) is 9.98. The van der Waals surface area contributed by atoms with E-state index in [0.29, 0.717) is 23.9 Å². The van der Waals surface area contributed by atoms with Crippen molar-refractivity contribution in [2.45, 2.75) is 13.8 Å². The van der Waals surface area contributed by atoms with E-state index >= 15 is 0 Å². The highest BCUT2D eigenvalue weighted by Gasteiger charge is 2.11. The molecule has 1 aromatic heterocycles. The summed E-state index contributed by atoms with van der Waals surface area (Å²) >= 11 is 3.69. The molecular formula is C8H10N2O2S. The van der Waals surface area contributed by atoms with E-state index in [1.165, 1.54) is 6.20 Å². The lowest BCUT2D eigenvalue weighted by molar-refractivity contribution is 0.108. The fraction of sp³-hybridized carbons (Fsp3) is 0.375. The summed E-state index contributed by atoms with van der Waals surface area (Å²) in [4.78, 5) is 18.8. The zero-order valence-electron chi connectivity index (χ0n) is 7.44. The molecule has 0 N–H and O–H groups in total. The molecule has 0 amide bonds. The maximum absolute atomic E-state index is 11.0. The maximum atomic E-state index is 11.0. The quantitative estimate of drug-likeness (QED) is 0.743. The molecule has 0 fully saturated rings. The number of aryl methyl sites for hydroxylation is 1. The van der Waals surface area contributed by atoms with Crippen LogP contribution in [0.5, 0.6) is 5.88 Å². The molecule has 70 valence electrons. The van der Waals surface area contributed by atoms with E-state index in [2.05, 4.69) is 22.6 Å². The highest BCUT2D eigenvalue weighted by atomic mass is 32.1. The summed E-state index contributed by atoms with van der Waals surface area (Å²) in [6, 6.07) is 0. The fourth-order valence-electron chi connectivity index (χ4n) is 0.843. The number of ether oxygens (including phenoxy) is 1. The number of nitrogens with zero attached hydrogens (tertiary/aromatic N) is 2. The van der Waals surface area contributed by atoms with Gasteiger partial charge in [-0.05, 0) is 13.8 Å². The molecule has 1 rings (SSSR count). The highest BCUT2D eigenvalue weighted by Crippen LogP contribution is 2.16. The Hall–Kier alpha value is -1.10. The summed E-state index contributed by atoms with van der Waals surface area (Å²) in [6.07, 6.45) is 1.42. The standard InChI is InChI=1S/C8H10N2O2S/c1-3-12-7-6(8(11)13)4-9-5(2)10-7/h4H,3H2,1-2H3,(H,11,13). The fourth-order valence-corrected chi connectivity index (χ4v) is 0.996. The van der Waals surface area contributed by atoms with Crippen LogP contribution in [0.4, 0.5) is 0 Å². The zero-order chi connectivity index (χ0) is 9.84. The van der Waals surface area contributed by atoms with Gasteiger partial charge in [0.25, 0.3) is 0 Å². The summed E-state index contributed by atoms with van der Waals surface area (Å²) in [5.74, 6) is 0.872. The Bertz CT molecular complexity index is 328. The minimum Gasteiger partial charge on any atom is -0.477 e. The molecule has 0 atom stereocenters. The van der Waals surface area contributed by atoms with Crippen molar-refractivity contribution in [1.82, 2.24) is 9.97 Å². The molecule has 0 unspecified atom stereocenters. The Morgan fingerprint density at radius 1 is 1.69 bits per heavy atom. The molecule has 0 saturated carbocycles. The molecular weight excluding hydrogens is 188 g/mol. The largest absolute Gasteiger partial charge is 0.477 e. The van der Waals surface area contributed by atoms with Gasteiger partial charge in [0.1, 0.15) is 11.4 Å². The average molecular weight is 198 g/mol. The van der Waals surface area contributed by atoms with E-state index in [0.717, 1.165) is 0 Å². The summed E-state index contributed by atoms with van der Waals surface area (Å²) in [7, 11) is 0. The lowest BCUT2D eigenvalue weighted by Gasteiger charge is -2.05. The van der Waals surface area contributed by atoms with Gasteiger partial charge in [-0.2, -0.15) is 4.98 Å². The first-order valence-electron chi connectivity index (χ1n) is 3.85. The number of aromatic nitrogens is 2. The van der Waals surface area contributed by atoms with Gasteiger partial charge >= 0.3 is 0 Å². The predicted octanol–water partition coefficient (Wildman–Crippen LogP) is 1.25. The monoisotopic (exact) mass is 198 g/mol. The number of thiol groups is 1. The Balaban J connectivity index is 3.10. The first-order valence-corrected chi connectivity index (χ1v) is 4.29. The van der Waals surface area contributed by atoms with Crippen molar-refractivity contribution in [3.05, 3.63) is 17.6 Å². The van der Waals surface area contributed by atoms with Gasteiger partial charge in [0, 0.05) is 6.20 Å². The van der Waals surface area contributed by atoms with E-state index in [4.69, 9.17) is 4.74 Å². The van der Waals surface area contributed by atoms with Crippen LogP contribution in [0.15, 0.2) is 6.20 Å². The molecule has 1 aromatic rings. The minimum atomic E-state index is -0.386. The summed E-state index contributed by atoms with van der Waals surface area (Å²) in [5.41, 5.74) is 0.302. The summed E-state index contributed by atoms with van der Waals surface area (Å²) < 4.78 is 5.16. The normalized spacial score (nSPS) is 9.77. The van der Waals surface area contributed by atoms with Crippen molar-refractivity contribution in [3.63, 3.8) is 0 Å². The number of carbonyl (C=O) groups excluding carboxylic acids is 1. The molecule has 5 heteroatoms. The van der Waals surface area contributed by atoms with Crippen LogP contribution in [0.1, 0.15) is 23.1 Å². The Kier molecular flexibility index (Phi) is 3.25. The van der Waals surface area contributed by atoms with Crippen LogP contribution in [-0.2, 0) is 0 Å². The molecule has 0 aliphatic heterocycles. The smallest absolute Gasteiger partial charge is 0.228 e. The van der Waals surface area contributed by atoms with Gasteiger partial charge in [-0.15, -0.1) is 12.6 Å². The molecule has 0 aliphatic rings. The molecule has 13 heavy (non-hydrogen) atoms. The van der Waals surface area contributed by atoms with Crippen molar-refractivity contribution in [2.75, 3.05) is 6.61 Å². The van der Waals surface area contributed by atoms with Gasteiger partial charge in [-0.3, -0.25) is 4.79 Å². The van der Waals surface area contributed by atoms with Gasteiger partial charge in [0.15, 0.2) is 0 Å². The van der Waals surface area contributed by atoms with Gasteiger partial charge in [0.05, 0.1) is 6.61 Å². The second-order valence-corrected chi connectivity index (χ2v) is 2.78. The van der Waals surface area contributed by atoms with Gasteiger partial charge in [-0.1, -0.05) is 0 Å². The van der Waals surface area contributed by atoms with E-state index in [1.807, 2.05) is 6.92 Å². The van der Waals surface area contributed by atoms with Crippen LogP contribution in [0.25, 0.3) is 0 Å². The third-order valence-corrected chi connectivity index (χ3v) is 1.63. The predicted molar refractivity (Wildman–Crippen MR) is 51.3 cm³/mol. The lowest BCUT2D eigenvalue weighted by Crippen LogP contribution is -2.04. The van der Waals surface area contributed by atoms with Crippen LogP contribution >= 0.6 is 12.6 Å². The topological polar surface area (TPSA) is 52.1 Å². The molecule has 0 saturated heterocycles. The molecule has 0 radical (unpaired) electrons. The van der Waals surface area contributed by atoms with Crippen molar-refractivity contribution >= 4 is 17.7 Å². The SMILES string of the molecule is CCOc1nc(C)ncc1C(=O)S. The lowest BCUT2D eigenvalue weighted by atomic mass is 10.3. The van der Waals surface area contributed by atoms with Crippen LogP contribution in [0.3, 0.4) is 0 Å². The first-order chi connectivity index (χ1) is 6.15. The number of hydrogen-bond donors (Lipinski definition) is 1. The molecule has 0 aliphatic carbocycles. The van der Waals surface area contributed by atoms with Crippen molar-refractivity contribution in [1.29, 1.82) is 0 Å². The average Bonchev–Trinajstić information content (AvgIpc) is 2.04. The van der Waals surface area contributed by atoms with E-state index in [1.54, 1.807) is 6.92 Å². The second-order valence-electron chi connectivity index (χ2n) is 2.37. The Labute approximate surface area is 81.8 Å². The zero-order valence-corrected chi connectivity index (χ0v) is 8.34. The van der Waals surface area contributed by atoms with Crippen molar-refractivity contribution in [3.8, 4) is 5.88 Å². The molecule has 0 bridgehead atoms. The summed E-state index contributed by atoms with van der Waals surface area (Å²) in [6.45, 7) is 4.02. The van der Waals surface area contributed by atoms with Crippen LogP contribution in [-0.4, -0.2) is 21.7 Å². The van der Waals surface area contributed by atoms with E-state index in [-0.39, 0.29) is 5.12 Å². The van der Waals surface area contributed by atoms with E-state index < -0.39 is 0 Å². The third kappa shape index (κ3) is 2.42. The highest BCUT2D eigenvalue weighted by molar-refractivity contribution is 7.97. The van der Waals surface area contributed by atoms with Crippen LogP contribution in [0, 0.1) is 6.92 Å². The molecule has 0 aromatic carbocycles. The van der Waals surface area contributed by atoms with Gasteiger partial charge in [0.2, 0.25) is 11.0 Å². The van der Waals surface area contributed by atoms with Gasteiger partial charge < -0.3 is 4.74 Å². The van der Waals surface area contributed by atoms with Crippen molar-refractivity contribution < 1.29 is 9.53 Å². The number of rotatable bonds is 3. The maximum Gasteiger partial charge on any atom is 0.228 e. The molecule has 1 heterocycles. The molecule has 0 spiro atoms. The number of hydrogen-bond acceptors (Lipinski definition) is 4.